The van der Waals surface area contributed by atoms with E-state index in [0.717, 1.165) is 27.1 Å². The molecule has 1 amide bonds. The molecule has 0 atom stereocenters. The van der Waals surface area contributed by atoms with Gasteiger partial charge in [-0.3, -0.25) is 4.79 Å². The maximum absolute atomic E-state index is 11.7. The van der Waals surface area contributed by atoms with Crippen molar-refractivity contribution in [3.8, 4) is 11.1 Å². The van der Waals surface area contributed by atoms with Gasteiger partial charge in [-0.15, -0.1) is 0 Å². The fourth-order valence-corrected chi connectivity index (χ4v) is 3.05. The number of carbonyl (C=O) groups is 1. The molecular formula is C21H15NO. The smallest absolute Gasteiger partial charge is 0.249 e. The van der Waals surface area contributed by atoms with Crippen LogP contribution in [0, 0.1) is 0 Å². The molecule has 0 fully saturated rings. The van der Waals surface area contributed by atoms with E-state index in [1.165, 1.54) is 5.56 Å². The molecule has 110 valence electrons. The molecule has 0 saturated heterocycles. The number of benzene rings is 4. The van der Waals surface area contributed by atoms with Gasteiger partial charge in [-0.2, -0.15) is 0 Å². The van der Waals surface area contributed by atoms with E-state index >= 15 is 0 Å². The van der Waals surface area contributed by atoms with Crippen LogP contribution in [-0.2, 0) is 0 Å². The number of hydrogen-bond donors (Lipinski definition) is 1. The van der Waals surface area contributed by atoms with E-state index in [2.05, 4.69) is 42.5 Å². The van der Waals surface area contributed by atoms with Crippen LogP contribution in [0.2, 0.25) is 0 Å². The zero-order valence-electron chi connectivity index (χ0n) is 12.5. The average Bonchev–Trinajstić information content (AvgIpc) is 2.59. The molecule has 4 aromatic rings. The standard InChI is InChI=1S/C21H15NO/c22-21(23)19-8-4-7-17-11-16-10-9-15(12-18(16)13-20(17)19)14-5-2-1-3-6-14/h1-13H,(H2,22,23). The summed E-state index contributed by atoms with van der Waals surface area (Å²) >= 11 is 0. The van der Waals surface area contributed by atoms with Crippen molar-refractivity contribution in [2.75, 3.05) is 0 Å². The van der Waals surface area contributed by atoms with Gasteiger partial charge in [-0.05, 0) is 56.9 Å². The molecule has 0 heterocycles. The molecule has 2 heteroatoms. The Morgan fingerprint density at radius 1 is 0.652 bits per heavy atom. The largest absolute Gasteiger partial charge is 0.366 e. The molecule has 4 rings (SSSR count). The molecule has 0 radical (unpaired) electrons. The summed E-state index contributed by atoms with van der Waals surface area (Å²) in [5, 5.41) is 4.19. The Morgan fingerprint density at radius 2 is 1.48 bits per heavy atom. The van der Waals surface area contributed by atoms with E-state index in [1.54, 1.807) is 6.07 Å². The molecule has 0 saturated carbocycles. The lowest BCUT2D eigenvalue weighted by atomic mass is 9.96. The molecular weight excluding hydrogens is 282 g/mol. The fraction of sp³-hybridized carbons (Fsp3) is 0. The van der Waals surface area contributed by atoms with Crippen molar-refractivity contribution in [2.24, 2.45) is 5.73 Å². The van der Waals surface area contributed by atoms with Gasteiger partial charge < -0.3 is 5.73 Å². The van der Waals surface area contributed by atoms with Gasteiger partial charge in [-0.1, -0.05) is 54.6 Å². The van der Waals surface area contributed by atoms with Crippen LogP contribution < -0.4 is 5.73 Å². The highest BCUT2D eigenvalue weighted by Gasteiger charge is 2.08. The van der Waals surface area contributed by atoms with Crippen LogP contribution in [0.25, 0.3) is 32.7 Å². The van der Waals surface area contributed by atoms with Crippen LogP contribution in [0.3, 0.4) is 0 Å². The number of fused-ring (bicyclic) bond motifs is 2. The predicted molar refractivity (Wildman–Crippen MR) is 95.4 cm³/mol. The van der Waals surface area contributed by atoms with Crippen molar-refractivity contribution in [1.82, 2.24) is 0 Å². The first-order chi connectivity index (χ1) is 11.2. The van der Waals surface area contributed by atoms with Crippen molar-refractivity contribution in [2.45, 2.75) is 0 Å². The average molecular weight is 297 g/mol. The summed E-state index contributed by atoms with van der Waals surface area (Å²) in [5.74, 6) is -0.394. The van der Waals surface area contributed by atoms with Crippen LogP contribution in [0.1, 0.15) is 10.4 Å². The van der Waals surface area contributed by atoms with Crippen molar-refractivity contribution in [3.05, 3.63) is 84.4 Å². The summed E-state index contributed by atoms with van der Waals surface area (Å²) in [5.41, 5.74) is 8.41. The first-order valence-electron chi connectivity index (χ1n) is 7.54. The third-order valence-electron chi connectivity index (χ3n) is 4.21. The van der Waals surface area contributed by atoms with E-state index in [-0.39, 0.29) is 0 Å². The van der Waals surface area contributed by atoms with Gasteiger partial charge in [0.2, 0.25) is 5.91 Å². The minimum atomic E-state index is -0.394. The summed E-state index contributed by atoms with van der Waals surface area (Å²) in [6.07, 6.45) is 0. The van der Waals surface area contributed by atoms with Crippen molar-refractivity contribution >= 4 is 27.5 Å². The number of primary amides is 1. The summed E-state index contributed by atoms with van der Waals surface area (Å²) in [6.45, 7) is 0. The third-order valence-corrected chi connectivity index (χ3v) is 4.21. The maximum atomic E-state index is 11.7. The molecule has 23 heavy (non-hydrogen) atoms. The molecule has 0 bridgehead atoms. The van der Waals surface area contributed by atoms with Crippen LogP contribution >= 0.6 is 0 Å². The highest BCUT2D eigenvalue weighted by molar-refractivity contribution is 6.10. The van der Waals surface area contributed by atoms with Gasteiger partial charge in [0.1, 0.15) is 0 Å². The Hall–Kier alpha value is -3.13. The van der Waals surface area contributed by atoms with E-state index < -0.39 is 5.91 Å². The van der Waals surface area contributed by atoms with Crippen LogP contribution in [0.4, 0.5) is 0 Å². The Kier molecular flexibility index (Phi) is 3.09. The highest BCUT2D eigenvalue weighted by atomic mass is 16.1. The number of hydrogen-bond acceptors (Lipinski definition) is 1. The predicted octanol–water partition coefficient (Wildman–Crippen LogP) is 4.76. The Bertz CT molecular complexity index is 1040. The topological polar surface area (TPSA) is 43.1 Å². The number of rotatable bonds is 2. The van der Waals surface area contributed by atoms with Crippen LogP contribution in [0.15, 0.2) is 78.9 Å². The molecule has 4 aromatic carbocycles. The summed E-state index contributed by atoms with van der Waals surface area (Å²) < 4.78 is 0. The molecule has 2 N–H and O–H groups in total. The van der Waals surface area contributed by atoms with Gasteiger partial charge in [0.25, 0.3) is 0 Å². The maximum Gasteiger partial charge on any atom is 0.249 e. The second-order valence-electron chi connectivity index (χ2n) is 5.67. The van der Waals surface area contributed by atoms with Crippen LogP contribution in [0.5, 0.6) is 0 Å². The lowest BCUT2D eigenvalue weighted by molar-refractivity contribution is 0.100. The minimum absolute atomic E-state index is 0.394. The van der Waals surface area contributed by atoms with Gasteiger partial charge in [0.05, 0.1) is 0 Å². The number of carbonyl (C=O) groups excluding carboxylic acids is 1. The second-order valence-corrected chi connectivity index (χ2v) is 5.67. The summed E-state index contributed by atoms with van der Waals surface area (Å²) in [7, 11) is 0. The SMILES string of the molecule is NC(=O)c1cccc2cc3ccc(-c4ccccc4)cc3cc12. The Morgan fingerprint density at radius 3 is 2.26 bits per heavy atom. The molecule has 0 aliphatic heterocycles. The second kappa shape index (κ2) is 5.25. The lowest BCUT2D eigenvalue weighted by Gasteiger charge is -2.08. The van der Waals surface area contributed by atoms with Crippen LogP contribution in [-0.4, -0.2) is 5.91 Å². The van der Waals surface area contributed by atoms with Crippen molar-refractivity contribution in [3.63, 3.8) is 0 Å². The molecule has 0 unspecified atom stereocenters. The zero-order chi connectivity index (χ0) is 15.8. The molecule has 0 aliphatic carbocycles. The first kappa shape index (κ1) is 13.5. The van der Waals surface area contributed by atoms with Gasteiger partial charge >= 0.3 is 0 Å². The molecule has 2 nitrogen and oxygen atoms in total. The zero-order valence-corrected chi connectivity index (χ0v) is 12.5. The number of nitrogens with two attached hydrogens (primary N) is 1. The summed E-state index contributed by atoms with van der Waals surface area (Å²) in [6, 6.07) is 26.5. The minimum Gasteiger partial charge on any atom is -0.366 e. The number of amides is 1. The van der Waals surface area contributed by atoms with E-state index in [4.69, 9.17) is 5.73 Å². The van der Waals surface area contributed by atoms with Gasteiger partial charge in [0, 0.05) is 5.56 Å². The van der Waals surface area contributed by atoms with Crippen molar-refractivity contribution < 1.29 is 4.79 Å². The van der Waals surface area contributed by atoms with E-state index in [1.807, 2.05) is 30.3 Å². The molecule has 0 spiro atoms. The monoisotopic (exact) mass is 297 g/mol. The Balaban J connectivity index is 1.99. The highest BCUT2D eigenvalue weighted by Crippen LogP contribution is 2.29. The van der Waals surface area contributed by atoms with Gasteiger partial charge in [0.15, 0.2) is 0 Å². The van der Waals surface area contributed by atoms with Gasteiger partial charge in [-0.25, -0.2) is 0 Å². The Labute approximate surface area is 134 Å². The quantitative estimate of drug-likeness (QED) is 0.533. The first-order valence-corrected chi connectivity index (χ1v) is 7.54. The van der Waals surface area contributed by atoms with E-state index in [9.17, 15) is 4.79 Å². The lowest BCUT2D eigenvalue weighted by Crippen LogP contribution is -2.11. The van der Waals surface area contributed by atoms with E-state index in [0.29, 0.717) is 5.56 Å². The van der Waals surface area contributed by atoms with Crippen molar-refractivity contribution in [1.29, 1.82) is 0 Å². The normalized spacial score (nSPS) is 11.0. The third kappa shape index (κ3) is 2.34. The molecule has 0 aromatic heterocycles. The molecule has 0 aliphatic rings. The fourth-order valence-electron chi connectivity index (χ4n) is 3.05. The summed E-state index contributed by atoms with van der Waals surface area (Å²) in [4.78, 5) is 11.7.